The van der Waals surface area contributed by atoms with E-state index < -0.39 is 7.60 Å². The number of aryl methyl sites for hydroxylation is 1. The molecule has 1 heterocycles. The SMILES string of the molecule is CCOCc1c(C(C)(C)C)oc(C)c1CP(=O)(OCC)OCC. The molecular weight excluding hydrogens is 315 g/mol. The minimum Gasteiger partial charge on any atom is -0.465 e. The highest BCUT2D eigenvalue weighted by molar-refractivity contribution is 7.53. The lowest BCUT2D eigenvalue weighted by atomic mass is 9.89. The molecule has 0 radical (unpaired) electrons. The first kappa shape index (κ1) is 20.4. The van der Waals surface area contributed by atoms with E-state index >= 15 is 0 Å². The summed E-state index contributed by atoms with van der Waals surface area (Å²) in [5.74, 6) is 1.63. The fourth-order valence-electron chi connectivity index (χ4n) is 2.51. The molecule has 1 aromatic rings. The van der Waals surface area contributed by atoms with Crippen LogP contribution in [0.5, 0.6) is 0 Å². The second-order valence-corrected chi connectivity index (χ2v) is 8.49. The summed E-state index contributed by atoms with van der Waals surface area (Å²) >= 11 is 0. The normalized spacial score (nSPS) is 12.8. The molecule has 0 N–H and O–H groups in total. The molecular formula is C17H31O5P. The highest BCUT2D eigenvalue weighted by Crippen LogP contribution is 2.53. The molecule has 0 unspecified atom stereocenters. The van der Waals surface area contributed by atoms with Crippen molar-refractivity contribution < 1.29 is 22.8 Å². The Labute approximate surface area is 140 Å². The second kappa shape index (κ2) is 8.48. The molecule has 1 rings (SSSR count). The number of hydrogen-bond acceptors (Lipinski definition) is 5. The van der Waals surface area contributed by atoms with E-state index in [1.54, 1.807) is 0 Å². The van der Waals surface area contributed by atoms with Crippen LogP contribution in [0.2, 0.25) is 0 Å². The van der Waals surface area contributed by atoms with E-state index in [9.17, 15) is 4.57 Å². The zero-order chi connectivity index (χ0) is 17.7. The number of hydrogen-bond donors (Lipinski definition) is 0. The predicted octanol–water partition coefficient (Wildman–Crippen LogP) is 5.19. The van der Waals surface area contributed by atoms with Crippen LogP contribution >= 0.6 is 7.60 Å². The first-order chi connectivity index (χ1) is 10.7. The lowest BCUT2D eigenvalue weighted by Crippen LogP contribution is -2.14. The highest BCUT2D eigenvalue weighted by Gasteiger charge is 2.32. The number of furan rings is 1. The fraction of sp³-hybridized carbons (Fsp3) is 0.765. The first-order valence-electron chi connectivity index (χ1n) is 8.26. The van der Waals surface area contributed by atoms with Crippen molar-refractivity contribution in [2.45, 2.75) is 66.6 Å². The van der Waals surface area contributed by atoms with E-state index in [1.807, 2.05) is 27.7 Å². The summed E-state index contributed by atoms with van der Waals surface area (Å²) in [7, 11) is -3.18. The van der Waals surface area contributed by atoms with Crippen LogP contribution in [0.15, 0.2) is 4.42 Å². The molecule has 23 heavy (non-hydrogen) atoms. The van der Waals surface area contributed by atoms with Gasteiger partial charge in [-0.15, -0.1) is 0 Å². The van der Waals surface area contributed by atoms with E-state index in [4.69, 9.17) is 18.2 Å². The van der Waals surface area contributed by atoms with Gasteiger partial charge in [0.25, 0.3) is 0 Å². The molecule has 5 nitrogen and oxygen atoms in total. The molecule has 0 aliphatic heterocycles. The zero-order valence-electron chi connectivity index (χ0n) is 15.5. The van der Waals surface area contributed by atoms with E-state index in [-0.39, 0.29) is 11.6 Å². The Morgan fingerprint density at radius 1 is 1.00 bits per heavy atom. The summed E-state index contributed by atoms with van der Waals surface area (Å²) in [5, 5.41) is 0. The van der Waals surface area contributed by atoms with Crippen LogP contribution in [0, 0.1) is 6.92 Å². The Morgan fingerprint density at radius 3 is 2.00 bits per heavy atom. The van der Waals surface area contributed by atoms with Crippen LogP contribution < -0.4 is 0 Å². The Bertz CT molecular complexity index is 532. The average molecular weight is 346 g/mol. The van der Waals surface area contributed by atoms with E-state index in [0.29, 0.717) is 26.4 Å². The quantitative estimate of drug-likeness (QED) is 0.576. The molecule has 1 aromatic heterocycles. The molecule has 0 bridgehead atoms. The second-order valence-electron chi connectivity index (χ2n) is 6.44. The van der Waals surface area contributed by atoms with E-state index in [0.717, 1.165) is 22.6 Å². The number of rotatable bonds is 9. The summed E-state index contributed by atoms with van der Waals surface area (Å²) in [6.45, 7) is 15.5. The molecule has 6 heteroatoms. The summed E-state index contributed by atoms with van der Waals surface area (Å²) in [4.78, 5) is 0. The van der Waals surface area contributed by atoms with Crippen molar-refractivity contribution in [1.29, 1.82) is 0 Å². The van der Waals surface area contributed by atoms with Crippen molar-refractivity contribution in [2.24, 2.45) is 0 Å². The largest absolute Gasteiger partial charge is 0.465 e. The van der Waals surface area contributed by atoms with Gasteiger partial charge in [0.2, 0.25) is 0 Å². The van der Waals surface area contributed by atoms with Gasteiger partial charge in [0.1, 0.15) is 11.5 Å². The van der Waals surface area contributed by atoms with Crippen LogP contribution in [-0.2, 0) is 36.5 Å². The van der Waals surface area contributed by atoms with Gasteiger partial charge in [-0.1, -0.05) is 20.8 Å². The highest BCUT2D eigenvalue weighted by atomic mass is 31.2. The van der Waals surface area contributed by atoms with Crippen molar-refractivity contribution in [3.8, 4) is 0 Å². The summed E-state index contributed by atoms with van der Waals surface area (Å²) in [6, 6.07) is 0. The maximum atomic E-state index is 12.9. The van der Waals surface area contributed by atoms with Crippen LogP contribution in [0.3, 0.4) is 0 Å². The Balaban J connectivity index is 3.28. The van der Waals surface area contributed by atoms with Gasteiger partial charge < -0.3 is 18.2 Å². The standard InChI is InChI=1S/C17H31O5P/c1-8-19-11-14-15(12-23(18,20-9-2)21-10-3)13(4)22-16(14)17(5,6)7/h8-12H2,1-7H3. The van der Waals surface area contributed by atoms with Crippen molar-refractivity contribution in [3.05, 3.63) is 22.6 Å². The van der Waals surface area contributed by atoms with Crippen LogP contribution in [0.4, 0.5) is 0 Å². The molecule has 0 fully saturated rings. The van der Waals surface area contributed by atoms with Crippen molar-refractivity contribution in [3.63, 3.8) is 0 Å². The van der Waals surface area contributed by atoms with Gasteiger partial charge in [0.05, 0.1) is 26.0 Å². The lowest BCUT2D eigenvalue weighted by molar-refractivity contribution is 0.131. The summed E-state index contributed by atoms with van der Waals surface area (Å²) in [6.07, 6.45) is 0.211. The number of ether oxygens (including phenoxy) is 1. The molecule has 0 atom stereocenters. The predicted molar refractivity (Wildman–Crippen MR) is 92.0 cm³/mol. The molecule has 0 saturated heterocycles. The summed E-state index contributed by atoms with van der Waals surface area (Å²) < 4.78 is 35.4. The molecule has 0 aromatic carbocycles. The van der Waals surface area contributed by atoms with Crippen LogP contribution in [-0.4, -0.2) is 19.8 Å². The van der Waals surface area contributed by atoms with Gasteiger partial charge in [-0.05, 0) is 27.7 Å². The zero-order valence-corrected chi connectivity index (χ0v) is 16.4. The lowest BCUT2D eigenvalue weighted by Gasteiger charge is -2.19. The van der Waals surface area contributed by atoms with Gasteiger partial charge >= 0.3 is 7.60 Å². The minimum absolute atomic E-state index is 0.156. The van der Waals surface area contributed by atoms with E-state index in [2.05, 4.69) is 20.8 Å². The molecule has 0 saturated carbocycles. The Hall–Kier alpha value is -0.610. The average Bonchev–Trinajstić information content (AvgIpc) is 2.74. The van der Waals surface area contributed by atoms with Crippen molar-refractivity contribution >= 4 is 7.60 Å². The molecule has 0 spiro atoms. The minimum atomic E-state index is -3.18. The van der Waals surface area contributed by atoms with Crippen molar-refractivity contribution in [1.82, 2.24) is 0 Å². The topological polar surface area (TPSA) is 57.9 Å². The van der Waals surface area contributed by atoms with Crippen LogP contribution in [0.1, 0.15) is 64.2 Å². The van der Waals surface area contributed by atoms with Gasteiger partial charge in [0, 0.05) is 23.1 Å². The Morgan fingerprint density at radius 2 is 1.57 bits per heavy atom. The van der Waals surface area contributed by atoms with Gasteiger partial charge in [-0.3, -0.25) is 4.57 Å². The third-order valence-electron chi connectivity index (χ3n) is 3.45. The summed E-state index contributed by atoms with van der Waals surface area (Å²) in [5.41, 5.74) is 1.70. The van der Waals surface area contributed by atoms with Crippen molar-refractivity contribution in [2.75, 3.05) is 19.8 Å². The third-order valence-corrected chi connectivity index (χ3v) is 5.46. The van der Waals surface area contributed by atoms with E-state index in [1.165, 1.54) is 0 Å². The van der Waals surface area contributed by atoms with Gasteiger partial charge in [-0.2, -0.15) is 0 Å². The molecule has 0 aliphatic rings. The van der Waals surface area contributed by atoms with Crippen LogP contribution in [0.25, 0.3) is 0 Å². The molecule has 0 aliphatic carbocycles. The van der Waals surface area contributed by atoms with Gasteiger partial charge in [0.15, 0.2) is 0 Å². The third kappa shape index (κ3) is 5.46. The fourth-order valence-corrected chi connectivity index (χ4v) is 4.36. The smallest absolute Gasteiger partial charge is 0.335 e. The molecule has 0 amide bonds. The Kier molecular flexibility index (Phi) is 7.53. The maximum absolute atomic E-state index is 12.9. The van der Waals surface area contributed by atoms with Gasteiger partial charge in [-0.25, -0.2) is 0 Å². The molecule has 134 valence electrons. The maximum Gasteiger partial charge on any atom is 0.335 e. The first-order valence-corrected chi connectivity index (χ1v) is 9.98. The monoisotopic (exact) mass is 346 g/mol.